The van der Waals surface area contributed by atoms with E-state index in [0.717, 1.165) is 34.8 Å². The van der Waals surface area contributed by atoms with Crippen LogP contribution in [0.2, 0.25) is 0 Å². The Kier molecular flexibility index (Phi) is 3.87. The third-order valence-electron chi connectivity index (χ3n) is 4.35. The van der Waals surface area contributed by atoms with E-state index in [1.807, 2.05) is 47.1 Å². The van der Waals surface area contributed by atoms with Crippen LogP contribution in [0.1, 0.15) is 5.69 Å². The van der Waals surface area contributed by atoms with Crippen molar-refractivity contribution in [2.75, 3.05) is 11.9 Å². The molecule has 1 aliphatic rings. The number of nitrogens with zero attached hydrogens (tertiary/aromatic N) is 5. The number of hydrogen-bond acceptors (Lipinski definition) is 7. The van der Waals surface area contributed by atoms with Crippen molar-refractivity contribution in [2.45, 2.75) is 13.2 Å². The Morgan fingerprint density at radius 2 is 1.96 bits per heavy atom. The summed E-state index contributed by atoms with van der Waals surface area (Å²) in [5.41, 5.74) is 4.58. The third-order valence-corrected chi connectivity index (χ3v) is 4.35. The summed E-state index contributed by atoms with van der Waals surface area (Å²) < 4.78 is 12.3. The number of fused-ring (bicyclic) bond motifs is 1. The van der Waals surface area contributed by atoms with Crippen molar-refractivity contribution >= 4 is 11.8 Å². The van der Waals surface area contributed by atoms with Gasteiger partial charge in [-0.1, -0.05) is 23.4 Å². The molecule has 5 rings (SSSR count). The van der Waals surface area contributed by atoms with Gasteiger partial charge in [-0.25, -0.2) is 9.97 Å². The highest BCUT2D eigenvalue weighted by atomic mass is 16.5. The molecule has 0 spiro atoms. The maximum atomic E-state index is 5.45. The van der Waals surface area contributed by atoms with Gasteiger partial charge in [0.1, 0.15) is 12.0 Å². The first-order chi connectivity index (χ1) is 13.3. The predicted octanol–water partition coefficient (Wildman–Crippen LogP) is 3.27. The predicted molar refractivity (Wildman–Crippen MR) is 98.1 cm³/mol. The van der Waals surface area contributed by atoms with Crippen LogP contribution in [-0.2, 0) is 17.9 Å². The average molecular weight is 360 g/mol. The Morgan fingerprint density at radius 3 is 2.81 bits per heavy atom. The zero-order valence-corrected chi connectivity index (χ0v) is 14.4. The first kappa shape index (κ1) is 15.7. The van der Waals surface area contributed by atoms with Crippen LogP contribution in [0.15, 0.2) is 59.4 Å². The van der Waals surface area contributed by atoms with Gasteiger partial charge in [0, 0.05) is 29.5 Å². The Bertz CT molecular complexity index is 1050. The van der Waals surface area contributed by atoms with Crippen LogP contribution in [0.3, 0.4) is 0 Å². The monoisotopic (exact) mass is 360 g/mol. The molecular weight excluding hydrogens is 344 g/mol. The topological polar surface area (TPSA) is 90.9 Å². The van der Waals surface area contributed by atoms with Crippen LogP contribution in [0.5, 0.6) is 0 Å². The van der Waals surface area contributed by atoms with Crippen LogP contribution >= 0.6 is 0 Å². The largest absolute Gasteiger partial charge is 0.373 e. The van der Waals surface area contributed by atoms with E-state index in [9.17, 15) is 0 Å². The molecule has 1 aromatic carbocycles. The summed E-state index contributed by atoms with van der Waals surface area (Å²) in [7, 11) is 0. The van der Waals surface area contributed by atoms with Crippen molar-refractivity contribution in [2.24, 2.45) is 0 Å². The summed E-state index contributed by atoms with van der Waals surface area (Å²) in [6.45, 7) is 2.01. The molecule has 0 saturated heterocycles. The normalized spacial score (nSPS) is 13.3. The van der Waals surface area contributed by atoms with Gasteiger partial charge in [-0.15, -0.1) is 0 Å². The van der Waals surface area contributed by atoms with E-state index in [-0.39, 0.29) is 0 Å². The van der Waals surface area contributed by atoms with Crippen LogP contribution in [0.4, 0.5) is 11.8 Å². The maximum absolute atomic E-state index is 5.45. The van der Waals surface area contributed by atoms with E-state index in [0.29, 0.717) is 25.0 Å². The number of aromatic nitrogens is 5. The van der Waals surface area contributed by atoms with Gasteiger partial charge in [0.05, 0.1) is 31.1 Å². The summed E-state index contributed by atoms with van der Waals surface area (Å²) in [6, 6.07) is 13.6. The molecule has 8 heteroatoms. The molecule has 0 unspecified atom stereocenters. The SMILES string of the molecule is c1cc(-c2ccon2)cc(-c2ccnc(Nc3cc4n(n3)CCOC4)n2)c1. The van der Waals surface area contributed by atoms with Gasteiger partial charge in [-0.05, 0) is 12.1 Å². The van der Waals surface area contributed by atoms with Crippen LogP contribution in [0, 0.1) is 0 Å². The fourth-order valence-corrected chi connectivity index (χ4v) is 3.05. The zero-order valence-electron chi connectivity index (χ0n) is 14.4. The standard InChI is InChI=1S/C19H16N6O2/c1-2-13(10-14(3-1)17-5-8-27-24-17)16-4-6-20-19(21-16)22-18-11-15-12-26-9-7-25(15)23-18/h1-6,8,10-11H,7,9,12H2,(H,20,21,22,23). The molecule has 0 saturated carbocycles. The molecule has 0 aliphatic carbocycles. The lowest BCUT2D eigenvalue weighted by atomic mass is 10.1. The summed E-state index contributed by atoms with van der Waals surface area (Å²) in [4.78, 5) is 8.93. The highest BCUT2D eigenvalue weighted by Crippen LogP contribution is 2.25. The Balaban J connectivity index is 1.42. The van der Waals surface area contributed by atoms with Crippen LogP contribution in [0.25, 0.3) is 22.5 Å². The lowest BCUT2D eigenvalue weighted by Gasteiger charge is -2.12. The van der Waals surface area contributed by atoms with Crippen molar-refractivity contribution < 1.29 is 9.26 Å². The summed E-state index contributed by atoms with van der Waals surface area (Å²) >= 11 is 0. The molecule has 4 heterocycles. The maximum Gasteiger partial charge on any atom is 0.228 e. The average Bonchev–Trinajstić information content (AvgIpc) is 3.38. The molecule has 27 heavy (non-hydrogen) atoms. The van der Waals surface area contributed by atoms with Crippen molar-refractivity contribution in [3.8, 4) is 22.5 Å². The Morgan fingerprint density at radius 1 is 1.04 bits per heavy atom. The highest BCUT2D eigenvalue weighted by molar-refractivity contribution is 5.69. The number of anilines is 2. The van der Waals surface area contributed by atoms with E-state index >= 15 is 0 Å². The number of hydrogen-bond donors (Lipinski definition) is 1. The second kappa shape index (κ2) is 6.65. The van der Waals surface area contributed by atoms with Gasteiger partial charge in [0.15, 0.2) is 5.82 Å². The molecule has 0 amide bonds. The molecule has 0 atom stereocenters. The fraction of sp³-hybridized carbons (Fsp3) is 0.158. The first-order valence-corrected chi connectivity index (χ1v) is 8.61. The van der Waals surface area contributed by atoms with Crippen LogP contribution < -0.4 is 5.32 Å². The number of rotatable bonds is 4. The van der Waals surface area contributed by atoms with Gasteiger partial charge >= 0.3 is 0 Å². The smallest absolute Gasteiger partial charge is 0.228 e. The quantitative estimate of drug-likeness (QED) is 0.597. The minimum atomic E-state index is 0.496. The molecule has 3 aromatic heterocycles. The van der Waals surface area contributed by atoms with E-state index in [1.54, 1.807) is 12.5 Å². The molecule has 0 fully saturated rings. The second-order valence-electron chi connectivity index (χ2n) is 6.15. The summed E-state index contributed by atoms with van der Waals surface area (Å²) in [6.07, 6.45) is 3.29. The van der Waals surface area contributed by atoms with Crippen LogP contribution in [-0.4, -0.2) is 31.5 Å². The molecule has 0 radical (unpaired) electrons. The first-order valence-electron chi connectivity index (χ1n) is 8.61. The van der Waals surface area contributed by atoms with Gasteiger partial charge in [0.2, 0.25) is 5.95 Å². The van der Waals surface area contributed by atoms with Gasteiger partial charge < -0.3 is 14.6 Å². The van der Waals surface area contributed by atoms with Crippen molar-refractivity contribution in [1.29, 1.82) is 0 Å². The molecular formula is C19H16N6O2. The second-order valence-corrected chi connectivity index (χ2v) is 6.15. The molecule has 1 aliphatic heterocycles. The van der Waals surface area contributed by atoms with Gasteiger partial charge in [-0.2, -0.15) is 5.10 Å². The van der Waals surface area contributed by atoms with E-state index in [2.05, 4.69) is 25.5 Å². The van der Waals surface area contributed by atoms with Crippen molar-refractivity contribution in [3.05, 3.63) is 60.6 Å². The van der Waals surface area contributed by atoms with Gasteiger partial charge in [0.25, 0.3) is 0 Å². The minimum absolute atomic E-state index is 0.496. The molecule has 1 N–H and O–H groups in total. The molecule has 8 nitrogen and oxygen atoms in total. The number of ether oxygens (including phenoxy) is 1. The molecule has 0 bridgehead atoms. The third kappa shape index (κ3) is 3.18. The molecule has 4 aromatic rings. The lowest BCUT2D eigenvalue weighted by Crippen LogP contribution is -2.16. The van der Waals surface area contributed by atoms with Gasteiger partial charge in [-0.3, -0.25) is 4.68 Å². The van der Waals surface area contributed by atoms with Crippen molar-refractivity contribution in [1.82, 2.24) is 24.9 Å². The highest BCUT2D eigenvalue weighted by Gasteiger charge is 2.13. The Hall–Kier alpha value is -3.52. The van der Waals surface area contributed by atoms with E-state index < -0.39 is 0 Å². The number of nitrogens with one attached hydrogen (secondary N) is 1. The summed E-state index contributed by atoms with van der Waals surface area (Å²) in [5.74, 6) is 1.21. The van der Waals surface area contributed by atoms with Crippen molar-refractivity contribution in [3.63, 3.8) is 0 Å². The molecule has 134 valence electrons. The minimum Gasteiger partial charge on any atom is -0.373 e. The zero-order chi connectivity index (χ0) is 18.1. The number of benzene rings is 1. The van der Waals surface area contributed by atoms with E-state index in [4.69, 9.17) is 9.26 Å². The Labute approximate surface area is 154 Å². The van der Waals surface area contributed by atoms with E-state index in [1.165, 1.54) is 0 Å². The lowest BCUT2D eigenvalue weighted by molar-refractivity contribution is 0.0801. The fourth-order valence-electron chi connectivity index (χ4n) is 3.05. The summed E-state index contributed by atoms with van der Waals surface area (Å²) in [5, 5.41) is 11.7.